The summed E-state index contributed by atoms with van der Waals surface area (Å²) in [5.41, 5.74) is 6.72. The molecule has 5 nitrogen and oxygen atoms in total. The molecule has 0 radical (unpaired) electrons. The molecule has 108 valence electrons. The highest BCUT2D eigenvalue weighted by Gasteiger charge is 2.22. The van der Waals surface area contributed by atoms with Gasteiger partial charge in [0.1, 0.15) is 11.5 Å². The molecule has 1 unspecified atom stereocenters. The fraction of sp³-hybridized carbons (Fsp3) is 0.286. The number of hydrogen-bond donors (Lipinski definition) is 2. The normalized spacial score (nSPS) is 13.3. The molecule has 1 atom stereocenters. The Morgan fingerprint density at radius 1 is 1.20 bits per heavy atom. The van der Waals surface area contributed by atoms with Crippen molar-refractivity contribution in [3.05, 3.63) is 47.4 Å². The van der Waals surface area contributed by atoms with E-state index in [1.807, 2.05) is 6.92 Å². The van der Waals surface area contributed by atoms with Gasteiger partial charge in [0, 0.05) is 5.69 Å². The zero-order valence-corrected chi connectivity index (χ0v) is 12.5. The maximum absolute atomic E-state index is 12.4. The zero-order chi connectivity index (χ0) is 14.9. The zero-order valence-electron chi connectivity index (χ0n) is 11.7. The van der Waals surface area contributed by atoms with Gasteiger partial charge in [-0.1, -0.05) is 6.07 Å². The molecule has 1 heterocycles. The second kappa shape index (κ2) is 5.30. The monoisotopic (exact) mass is 294 g/mol. The summed E-state index contributed by atoms with van der Waals surface area (Å²) >= 11 is 0. The van der Waals surface area contributed by atoms with Gasteiger partial charge >= 0.3 is 0 Å². The number of nitrogen functional groups attached to an aromatic ring is 1. The van der Waals surface area contributed by atoms with Crippen LogP contribution in [0.15, 0.2) is 39.6 Å². The Balaban J connectivity index is 2.29. The molecule has 0 aliphatic carbocycles. The molecule has 0 aliphatic heterocycles. The molecule has 0 saturated heterocycles. The van der Waals surface area contributed by atoms with E-state index in [1.165, 1.54) is 6.07 Å². The van der Waals surface area contributed by atoms with Crippen molar-refractivity contribution in [3.63, 3.8) is 0 Å². The van der Waals surface area contributed by atoms with Crippen LogP contribution < -0.4 is 10.5 Å². The van der Waals surface area contributed by atoms with Crippen LogP contribution in [0.2, 0.25) is 0 Å². The summed E-state index contributed by atoms with van der Waals surface area (Å²) in [6.07, 6.45) is 0. The molecule has 0 aliphatic rings. The number of sulfonamides is 1. The number of anilines is 1. The first-order valence-electron chi connectivity index (χ1n) is 6.24. The van der Waals surface area contributed by atoms with Crippen LogP contribution in [0.5, 0.6) is 0 Å². The molecule has 0 bridgehead atoms. The van der Waals surface area contributed by atoms with Gasteiger partial charge in [0.05, 0.1) is 10.9 Å². The van der Waals surface area contributed by atoms with Gasteiger partial charge in [-0.05, 0) is 50.6 Å². The average Bonchev–Trinajstić information content (AvgIpc) is 2.78. The average molecular weight is 294 g/mol. The third-order valence-electron chi connectivity index (χ3n) is 3.02. The van der Waals surface area contributed by atoms with E-state index in [9.17, 15) is 8.42 Å². The lowest BCUT2D eigenvalue weighted by molar-refractivity contribution is 0.441. The van der Waals surface area contributed by atoms with E-state index in [-0.39, 0.29) is 4.90 Å². The standard InChI is InChI=1S/C14H18N2O3S/c1-9-4-6-12(15)8-14(9)20(17,18)16-11(3)13-7-5-10(2)19-13/h4-8,11,16H,15H2,1-3H3. The number of nitrogens with one attached hydrogen (secondary N) is 1. The molecular weight excluding hydrogens is 276 g/mol. The summed E-state index contributed by atoms with van der Waals surface area (Å²) in [5, 5.41) is 0. The number of aryl methyl sites for hydroxylation is 2. The van der Waals surface area contributed by atoms with E-state index >= 15 is 0 Å². The first-order chi connectivity index (χ1) is 9.29. The molecule has 1 aromatic carbocycles. The highest BCUT2D eigenvalue weighted by Crippen LogP contribution is 2.22. The summed E-state index contributed by atoms with van der Waals surface area (Å²) in [5.74, 6) is 1.32. The minimum atomic E-state index is -3.64. The maximum Gasteiger partial charge on any atom is 0.241 e. The lowest BCUT2D eigenvalue weighted by Gasteiger charge is -2.14. The van der Waals surface area contributed by atoms with Crippen LogP contribution in [0, 0.1) is 13.8 Å². The van der Waals surface area contributed by atoms with Crippen LogP contribution in [0.3, 0.4) is 0 Å². The Hall–Kier alpha value is -1.79. The maximum atomic E-state index is 12.4. The second-order valence-corrected chi connectivity index (χ2v) is 6.50. The molecule has 2 rings (SSSR count). The fourth-order valence-corrected chi connectivity index (χ4v) is 3.44. The van der Waals surface area contributed by atoms with E-state index < -0.39 is 16.1 Å². The Kier molecular flexibility index (Phi) is 3.87. The van der Waals surface area contributed by atoms with Crippen LogP contribution in [-0.4, -0.2) is 8.42 Å². The van der Waals surface area contributed by atoms with Crippen LogP contribution in [0.25, 0.3) is 0 Å². The van der Waals surface area contributed by atoms with E-state index in [0.29, 0.717) is 17.0 Å². The van der Waals surface area contributed by atoms with Gasteiger partial charge in [-0.25, -0.2) is 13.1 Å². The lowest BCUT2D eigenvalue weighted by Crippen LogP contribution is -2.27. The first kappa shape index (κ1) is 14.6. The van der Waals surface area contributed by atoms with E-state index in [1.54, 1.807) is 38.1 Å². The van der Waals surface area contributed by atoms with Crippen molar-refractivity contribution in [2.24, 2.45) is 0 Å². The van der Waals surface area contributed by atoms with E-state index in [2.05, 4.69) is 4.72 Å². The molecular formula is C14H18N2O3S. The SMILES string of the molecule is Cc1ccc(C(C)NS(=O)(=O)c2cc(N)ccc2C)o1. The Morgan fingerprint density at radius 3 is 2.50 bits per heavy atom. The first-order valence-corrected chi connectivity index (χ1v) is 7.73. The number of rotatable bonds is 4. The summed E-state index contributed by atoms with van der Waals surface area (Å²) in [6.45, 7) is 5.28. The van der Waals surface area contributed by atoms with E-state index in [0.717, 1.165) is 5.76 Å². The lowest BCUT2D eigenvalue weighted by atomic mass is 10.2. The van der Waals surface area contributed by atoms with Gasteiger partial charge in [0.2, 0.25) is 10.0 Å². The Labute approximate surface area is 118 Å². The number of benzene rings is 1. The van der Waals surface area contributed by atoms with Crippen molar-refractivity contribution < 1.29 is 12.8 Å². The highest BCUT2D eigenvalue weighted by atomic mass is 32.2. The number of furan rings is 1. The van der Waals surface area contributed by atoms with Gasteiger partial charge in [-0.2, -0.15) is 0 Å². The predicted molar refractivity (Wildman–Crippen MR) is 77.8 cm³/mol. The van der Waals surface area contributed by atoms with Crippen molar-refractivity contribution in [2.45, 2.75) is 31.7 Å². The molecule has 20 heavy (non-hydrogen) atoms. The second-order valence-electron chi connectivity index (χ2n) is 4.82. The minimum Gasteiger partial charge on any atom is -0.465 e. The topological polar surface area (TPSA) is 85.3 Å². The van der Waals surface area contributed by atoms with Crippen molar-refractivity contribution in [3.8, 4) is 0 Å². The summed E-state index contributed by atoms with van der Waals surface area (Å²) in [6, 6.07) is 7.92. The number of nitrogens with two attached hydrogens (primary N) is 1. The van der Waals surface area contributed by atoms with Gasteiger partial charge in [0.15, 0.2) is 0 Å². The van der Waals surface area contributed by atoms with Gasteiger partial charge < -0.3 is 10.2 Å². The summed E-state index contributed by atoms with van der Waals surface area (Å²) < 4.78 is 32.8. The molecule has 0 saturated carbocycles. The van der Waals surface area contributed by atoms with Crippen molar-refractivity contribution >= 4 is 15.7 Å². The van der Waals surface area contributed by atoms with Crippen molar-refractivity contribution in [1.82, 2.24) is 4.72 Å². The van der Waals surface area contributed by atoms with Crippen LogP contribution in [0.4, 0.5) is 5.69 Å². The minimum absolute atomic E-state index is 0.188. The molecule has 3 N–H and O–H groups in total. The Bertz CT molecular complexity index is 720. The Morgan fingerprint density at radius 2 is 1.90 bits per heavy atom. The third-order valence-corrected chi connectivity index (χ3v) is 4.70. The molecule has 1 aromatic heterocycles. The molecule has 0 amide bonds. The van der Waals surface area contributed by atoms with Gasteiger partial charge in [-0.3, -0.25) is 0 Å². The quantitative estimate of drug-likeness (QED) is 0.848. The third kappa shape index (κ3) is 3.02. The van der Waals surface area contributed by atoms with Crippen LogP contribution in [0.1, 0.15) is 30.0 Å². The number of hydrogen-bond acceptors (Lipinski definition) is 4. The van der Waals surface area contributed by atoms with Crippen LogP contribution in [-0.2, 0) is 10.0 Å². The smallest absolute Gasteiger partial charge is 0.241 e. The highest BCUT2D eigenvalue weighted by molar-refractivity contribution is 7.89. The summed E-state index contributed by atoms with van der Waals surface area (Å²) in [7, 11) is -3.64. The van der Waals surface area contributed by atoms with Gasteiger partial charge in [-0.15, -0.1) is 0 Å². The predicted octanol–water partition coefficient (Wildman–Crippen LogP) is 2.52. The van der Waals surface area contributed by atoms with Gasteiger partial charge in [0.25, 0.3) is 0 Å². The van der Waals surface area contributed by atoms with Crippen molar-refractivity contribution in [1.29, 1.82) is 0 Å². The molecule has 0 spiro atoms. The van der Waals surface area contributed by atoms with Crippen molar-refractivity contribution in [2.75, 3.05) is 5.73 Å². The molecule has 6 heteroatoms. The largest absolute Gasteiger partial charge is 0.465 e. The fourth-order valence-electron chi connectivity index (χ4n) is 1.95. The molecule has 2 aromatic rings. The summed E-state index contributed by atoms with van der Waals surface area (Å²) in [4.78, 5) is 0.188. The van der Waals surface area contributed by atoms with E-state index in [4.69, 9.17) is 10.2 Å². The van der Waals surface area contributed by atoms with Crippen LogP contribution >= 0.6 is 0 Å². The molecule has 0 fully saturated rings.